The molecule has 1 heterocycles. The van der Waals surface area contributed by atoms with Gasteiger partial charge in [-0.2, -0.15) is 0 Å². The Kier molecular flexibility index (Phi) is 7.97. The fourth-order valence-electron chi connectivity index (χ4n) is 2.48. The Morgan fingerprint density at radius 1 is 0.808 bits per heavy atom. The third-order valence-electron chi connectivity index (χ3n) is 3.17. The number of rotatable bonds is 6. The normalized spacial score (nSPS) is 28.2. The van der Waals surface area contributed by atoms with Crippen LogP contribution in [-0.4, -0.2) is 60.7 Å². The number of ether oxygens (including phenoxy) is 5. The minimum Gasteiger partial charge on any atom is -0.456 e. The van der Waals surface area contributed by atoms with E-state index in [1.807, 2.05) is 0 Å². The highest BCUT2D eigenvalue weighted by Crippen LogP contribution is 2.28. The molecule has 0 radical (unpaired) electrons. The lowest BCUT2D eigenvalue weighted by molar-refractivity contribution is -0.326. The van der Waals surface area contributed by atoms with Gasteiger partial charge < -0.3 is 29.0 Å². The first-order chi connectivity index (χ1) is 12.0. The smallest absolute Gasteiger partial charge is 0.305 e. The molecule has 0 bridgehead atoms. The van der Waals surface area contributed by atoms with Gasteiger partial charge in [-0.25, -0.2) is 0 Å². The average molecular weight is 375 g/mol. The molecule has 0 unspecified atom stereocenters. The van der Waals surface area contributed by atoms with E-state index >= 15 is 0 Å². The van der Waals surface area contributed by atoms with Crippen LogP contribution in [0.3, 0.4) is 0 Å². The van der Waals surface area contributed by atoms with Crippen LogP contribution in [0.4, 0.5) is 0 Å². The second kappa shape index (κ2) is 9.48. The van der Waals surface area contributed by atoms with E-state index < -0.39 is 54.6 Å². The quantitative estimate of drug-likeness (QED) is 0.505. The zero-order valence-corrected chi connectivity index (χ0v) is 15.6. The predicted molar refractivity (Wildman–Crippen MR) is 85.4 cm³/mol. The molecular formula is C16H25NO9. The van der Waals surface area contributed by atoms with Gasteiger partial charge in [-0.05, 0) is 13.8 Å². The first-order valence-corrected chi connectivity index (χ1v) is 8.11. The Balaban J connectivity index is 3.30. The van der Waals surface area contributed by atoms with E-state index in [4.69, 9.17) is 23.7 Å². The fraction of sp³-hybridized carbons (Fsp3) is 0.750. The molecule has 0 aliphatic carbocycles. The van der Waals surface area contributed by atoms with Gasteiger partial charge in [-0.15, -0.1) is 0 Å². The number of amides is 1. The summed E-state index contributed by atoms with van der Waals surface area (Å²) >= 11 is 0. The Morgan fingerprint density at radius 3 is 1.73 bits per heavy atom. The maximum Gasteiger partial charge on any atom is 0.305 e. The van der Waals surface area contributed by atoms with Gasteiger partial charge in [-0.3, -0.25) is 19.2 Å². The Hall–Kier alpha value is -2.20. The molecule has 1 amide bonds. The lowest BCUT2D eigenvalue weighted by Crippen LogP contribution is -2.66. The van der Waals surface area contributed by atoms with Crippen LogP contribution < -0.4 is 5.32 Å². The monoisotopic (exact) mass is 375 g/mol. The minimum absolute atomic E-state index is 0.322. The highest BCUT2D eigenvalue weighted by Gasteiger charge is 2.52. The van der Waals surface area contributed by atoms with Crippen LogP contribution in [0.25, 0.3) is 0 Å². The van der Waals surface area contributed by atoms with Gasteiger partial charge >= 0.3 is 17.9 Å². The third-order valence-corrected chi connectivity index (χ3v) is 3.17. The molecule has 26 heavy (non-hydrogen) atoms. The number of carbonyl (C=O) groups excluding carboxylic acids is 4. The number of nitrogens with one attached hydrogen (secondary N) is 1. The Bertz CT molecular complexity index is 548. The van der Waals surface area contributed by atoms with Crippen molar-refractivity contribution < 1.29 is 42.9 Å². The fourth-order valence-corrected chi connectivity index (χ4v) is 2.48. The molecule has 148 valence electrons. The van der Waals surface area contributed by atoms with Gasteiger partial charge in [-0.1, -0.05) is 0 Å². The summed E-state index contributed by atoms with van der Waals surface area (Å²) in [4.78, 5) is 46.1. The SMILES string of the molecule is CC(=O)N[C@H]1[C@H](OC(C)C)O[C@H](OC(C)=O)[C@H](OC(C)=O)[C@@H]1OC(C)=O. The topological polar surface area (TPSA) is 126 Å². The first-order valence-electron chi connectivity index (χ1n) is 8.11. The molecule has 1 fully saturated rings. The molecular weight excluding hydrogens is 350 g/mol. The highest BCUT2D eigenvalue weighted by molar-refractivity contribution is 5.73. The van der Waals surface area contributed by atoms with Gasteiger partial charge in [0.15, 0.2) is 12.4 Å². The Morgan fingerprint density at radius 2 is 1.31 bits per heavy atom. The molecule has 10 nitrogen and oxygen atoms in total. The molecule has 0 spiro atoms. The van der Waals surface area contributed by atoms with Crippen molar-refractivity contribution in [2.24, 2.45) is 0 Å². The van der Waals surface area contributed by atoms with E-state index in [1.165, 1.54) is 6.92 Å². The van der Waals surface area contributed by atoms with E-state index in [9.17, 15) is 19.2 Å². The summed E-state index contributed by atoms with van der Waals surface area (Å²) in [7, 11) is 0. The summed E-state index contributed by atoms with van der Waals surface area (Å²) < 4.78 is 26.7. The molecule has 1 aliphatic heterocycles. The van der Waals surface area contributed by atoms with Crippen LogP contribution in [0.1, 0.15) is 41.5 Å². The predicted octanol–water partition coefficient (Wildman–Crippen LogP) is 0.0250. The second-order valence-electron chi connectivity index (χ2n) is 6.04. The van der Waals surface area contributed by atoms with Gasteiger partial charge in [0, 0.05) is 27.7 Å². The maximum atomic E-state index is 11.6. The molecule has 10 heteroatoms. The van der Waals surface area contributed by atoms with Crippen molar-refractivity contribution in [3.63, 3.8) is 0 Å². The van der Waals surface area contributed by atoms with Crippen LogP contribution in [0.5, 0.6) is 0 Å². The minimum atomic E-state index is -1.38. The van der Waals surface area contributed by atoms with Crippen LogP contribution in [0, 0.1) is 0 Å². The molecule has 1 N–H and O–H groups in total. The lowest BCUT2D eigenvalue weighted by atomic mass is 10.00. The zero-order chi connectivity index (χ0) is 20.0. The van der Waals surface area contributed by atoms with Crippen molar-refractivity contribution in [1.29, 1.82) is 0 Å². The molecule has 1 saturated heterocycles. The second-order valence-corrected chi connectivity index (χ2v) is 6.04. The van der Waals surface area contributed by atoms with Crippen molar-refractivity contribution in [1.82, 2.24) is 5.32 Å². The van der Waals surface area contributed by atoms with E-state index in [-0.39, 0.29) is 6.10 Å². The van der Waals surface area contributed by atoms with Crippen molar-refractivity contribution in [3.05, 3.63) is 0 Å². The van der Waals surface area contributed by atoms with Crippen LogP contribution >= 0.6 is 0 Å². The Labute approximate surface area is 151 Å². The maximum absolute atomic E-state index is 11.6. The molecule has 1 aliphatic rings. The largest absolute Gasteiger partial charge is 0.456 e. The number of carbonyl (C=O) groups is 4. The zero-order valence-electron chi connectivity index (χ0n) is 15.6. The van der Waals surface area contributed by atoms with Crippen molar-refractivity contribution in [2.45, 2.75) is 78.5 Å². The number of hydrogen-bond acceptors (Lipinski definition) is 9. The summed E-state index contributed by atoms with van der Waals surface area (Å²) in [6.07, 6.45) is -5.29. The van der Waals surface area contributed by atoms with Gasteiger partial charge in [0.25, 0.3) is 0 Å². The van der Waals surface area contributed by atoms with Gasteiger partial charge in [0.05, 0.1) is 6.10 Å². The lowest BCUT2D eigenvalue weighted by Gasteiger charge is -2.44. The summed E-state index contributed by atoms with van der Waals surface area (Å²) in [5.74, 6) is -2.54. The summed E-state index contributed by atoms with van der Waals surface area (Å²) in [6, 6.07) is -0.991. The number of hydrogen-bond donors (Lipinski definition) is 1. The van der Waals surface area contributed by atoms with Gasteiger partial charge in [0.2, 0.25) is 18.3 Å². The van der Waals surface area contributed by atoms with E-state index in [1.54, 1.807) is 13.8 Å². The van der Waals surface area contributed by atoms with Crippen LogP contribution in [-0.2, 0) is 42.9 Å². The summed E-state index contributed by atoms with van der Waals surface area (Å²) in [5.41, 5.74) is 0. The molecule has 5 atom stereocenters. The van der Waals surface area contributed by atoms with E-state index in [0.29, 0.717) is 0 Å². The van der Waals surface area contributed by atoms with Crippen LogP contribution in [0.15, 0.2) is 0 Å². The molecule has 0 aromatic carbocycles. The molecule has 0 saturated carbocycles. The first kappa shape index (κ1) is 21.8. The number of esters is 3. The van der Waals surface area contributed by atoms with Gasteiger partial charge in [0.1, 0.15) is 6.04 Å². The summed E-state index contributed by atoms with van der Waals surface area (Å²) in [6.45, 7) is 8.16. The molecule has 1 rings (SSSR count). The van der Waals surface area contributed by atoms with E-state index in [0.717, 1.165) is 20.8 Å². The van der Waals surface area contributed by atoms with Crippen LogP contribution in [0.2, 0.25) is 0 Å². The highest BCUT2D eigenvalue weighted by atomic mass is 16.8. The molecule has 0 aromatic heterocycles. The van der Waals surface area contributed by atoms with E-state index in [2.05, 4.69) is 5.32 Å². The third kappa shape index (κ3) is 6.60. The van der Waals surface area contributed by atoms with Crippen molar-refractivity contribution in [2.75, 3.05) is 0 Å². The average Bonchev–Trinajstić information content (AvgIpc) is 2.44. The summed E-state index contributed by atoms with van der Waals surface area (Å²) in [5, 5.41) is 2.57. The van der Waals surface area contributed by atoms with Crippen molar-refractivity contribution in [3.8, 4) is 0 Å². The standard InChI is InChI=1S/C16H25NO9/c1-7(2)22-15-12(17-8(3)18)13(23-9(4)19)14(24-10(5)20)16(26-15)25-11(6)21/h7,12-16H,1-6H3,(H,17,18)/t12-,13-,14-,15-,16+/m1/s1. The molecule has 0 aromatic rings. The van der Waals surface area contributed by atoms with Crippen molar-refractivity contribution >= 4 is 23.8 Å².